The van der Waals surface area contributed by atoms with E-state index in [9.17, 15) is 9.18 Å². The van der Waals surface area contributed by atoms with Crippen LogP contribution in [0, 0.1) is 5.82 Å². The highest BCUT2D eigenvalue weighted by Crippen LogP contribution is 2.31. The van der Waals surface area contributed by atoms with Gasteiger partial charge in [0.2, 0.25) is 5.91 Å². The normalized spacial score (nSPS) is 20.8. The lowest BCUT2D eigenvalue weighted by molar-refractivity contribution is -0.123. The van der Waals surface area contributed by atoms with Crippen LogP contribution in [0.2, 0.25) is 0 Å². The van der Waals surface area contributed by atoms with Crippen LogP contribution in [0.25, 0.3) is 0 Å². The van der Waals surface area contributed by atoms with Crippen molar-refractivity contribution >= 4 is 5.91 Å². The molecule has 1 aliphatic rings. The van der Waals surface area contributed by atoms with E-state index in [0.29, 0.717) is 0 Å². The van der Waals surface area contributed by atoms with E-state index in [1.54, 1.807) is 12.1 Å². The smallest absolute Gasteiger partial charge is 0.227 e. The summed E-state index contributed by atoms with van der Waals surface area (Å²) in [5.41, 5.74) is 3.33. The predicted octanol–water partition coefficient (Wildman–Crippen LogP) is 2.93. The van der Waals surface area contributed by atoms with Crippen LogP contribution in [0.15, 0.2) is 48.5 Å². The number of halogens is 1. The van der Waals surface area contributed by atoms with Gasteiger partial charge in [0.25, 0.3) is 0 Å². The van der Waals surface area contributed by atoms with Crippen molar-refractivity contribution in [2.45, 2.75) is 31.3 Å². The third kappa shape index (κ3) is 3.13. The molecule has 1 unspecified atom stereocenters. The minimum absolute atomic E-state index is 0.0327. The van der Waals surface area contributed by atoms with Gasteiger partial charge in [0.05, 0.1) is 18.0 Å². The molecule has 120 valence electrons. The van der Waals surface area contributed by atoms with Gasteiger partial charge in [-0.25, -0.2) is 4.39 Å². The van der Waals surface area contributed by atoms with E-state index in [2.05, 4.69) is 22.8 Å². The van der Waals surface area contributed by atoms with E-state index >= 15 is 0 Å². The average molecular weight is 312 g/mol. The summed E-state index contributed by atoms with van der Waals surface area (Å²) in [5.74, 6) is -0.630. The molecule has 2 N–H and O–H groups in total. The van der Waals surface area contributed by atoms with Crippen molar-refractivity contribution in [2.24, 2.45) is 0 Å². The summed E-state index contributed by atoms with van der Waals surface area (Å²) in [7, 11) is 1.91. The number of likely N-dealkylation sites (N-methyl/N-ethyl adjacent to an activating group) is 1. The molecule has 23 heavy (non-hydrogen) atoms. The molecule has 1 amide bonds. The zero-order valence-corrected chi connectivity index (χ0v) is 13.3. The third-order valence-corrected chi connectivity index (χ3v) is 4.63. The minimum atomic E-state index is -0.309. The number of hydrogen-bond acceptors (Lipinski definition) is 2. The van der Waals surface area contributed by atoms with Crippen LogP contribution in [-0.4, -0.2) is 19.0 Å². The zero-order chi connectivity index (χ0) is 16.4. The highest BCUT2D eigenvalue weighted by Gasteiger charge is 2.33. The Morgan fingerprint density at radius 1 is 1.17 bits per heavy atom. The summed E-state index contributed by atoms with van der Waals surface area (Å²) in [5, 5.41) is 6.44. The van der Waals surface area contributed by atoms with Gasteiger partial charge in [0.1, 0.15) is 5.82 Å². The van der Waals surface area contributed by atoms with E-state index in [1.807, 2.05) is 26.1 Å². The Labute approximate surface area is 135 Å². The Morgan fingerprint density at radius 2 is 1.87 bits per heavy atom. The van der Waals surface area contributed by atoms with E-state index in [4.69, 9.17) is 0 Å². The van der Waals surface area contributed by atoms with Crippen LogP contribution in [0.5, 0.6) is 0 Å². The SMILES string of the molecule is CN[C@H]1c2ccccc2C[C@@H]1NC(=O)C(C)c1ccc(F)cc1. The van der Waals surface area contributed by atoms with Gasteiger partial charge < -0.3 is 10.6 Å². The first kappa shape index (κ1) is 15.7. The number of benzene rings is 2. The average Bonchev–Trinajstić information content (AvgIpc) is 2.91. The second-order valence-electron chi connectivity index (χ2n) is 6.06. The molecule has 0 spiro atoms. The van der Waals surface area contributed by atoms with Crippen molar-refractivity contribution in [3.8, 4) is 0 Å². The van der Waals surface area contributed by atoms with Crippen molar-refractivity contribution in [1.82, 2.24) is 10.6 Å². The van der Waals surface area contributed by atoms with Crippen LogP contribution in [0.3, 0.4) is 0 Å². The summed E-state index contributed by atoms with van der Waals surface area (Å²) in [4.78, 5) is 12.6. The van der Waals surface area contributed by atoms with E-state index in [0.717, 1.165) is 12.0 Å². The van der Waals surface area contributed by atoms with Gasteiger partial charge in [0, 0.05) is 0 Å². The molecule has 2 aromatic carbocycles. The molecule has 0 saturated carbocycles. The Balaban J connectivity index is 1.72. The molecule has 3 rings (SSSR count). The van der Waals surface area contributed by atoms with Crippen LogP contribution in [0.1, 0.15) is 35.6 Å². The quantitative estimate of drug-likeness (QED) is 0.911. The summed E-state index contributed by atoms with van der Waals surface area (Å²) in [6.07, 6.45) is 0.823. The van der Waals surface area contributed by atoms with E-state index < -0.39 is 0 Å². The van der Waals surface area contributed by atoms with Crippen LogP contribution in [0.4, 0.5) is 4.39 Å². The Kier molecular flexibility index (Phi) is 4.44. The number of nitrogens with one attached hydrogen (secondary N) is 2. The lowest BCUT2D eigenvalue weighted by Gasteiger charge is -2.23. The second-order valence-corrected chi connectivity index (χ2v) is 6.06. The molecule has 4 heteroatoms. The van der Waals surface area contributed by atoms with E-state index in [1.165, 1.54) is 23.3 Å². The highest BCUT2D eigenvalue weighted by molar-refractivity contribution is 5.83. The lowest BCUT2D eigenvalue weighted by Crippen LogP contribution is -2.43. The molecule has 0 fully saturated rings. The summed E-state index contributed by atoms with van der Waals surface area (Å²) in [6, 6.07) is 14.5. The first-order valence-corrected chi connectivity index (χ1v) is 7.91. The third-order valence-electron chi connectivity index (χ3n) is 4.63. The molecule has 3 atom stereocenters. The molecular formula is C19H21FN2O. The number of carbonyl (C=O) groups is 1. The molecule has 2 aromatic rings. The number of carbonyl (C=O) groups excluding carboxylic acids is 1. The predicted molar refractivity (Wildman–Crippen MR) is 88.7 cm³/mol. The number of amides is 1. The van der Waals surface area contributed by atoms with Crippen LogP contribution < -0.4 is 10.6 Å². The maximum absolute atomic E-state index is 13.0. The topological polar surface area (TPSA) is 41.1 Å². The van der Waals surface area contributed by atoms with Crippen molar-refractivity contribution in [2.75, 3.05) is 7.05 Å². The van der Waals surface area contributed by atoms with E-state index in [-0.39, 0.29) is 29.7 Å². The minimum Gasteiger partial charge on any atom is -0.351 e. The van der Waals surface area contributed by atoms with Crippen molar-refractivity contribution < 1.29 is 9.18 Å². The fourth-order valence-electron chi connectivity index (χ4n) is 3.30. The second kappa shape index (κ2) is 6.50. The molecule has 0 saturated heterocycles. The number of rotatable bonds is 4. The number of fused-ring (bicyclic) bond motifs is 1. The molecule has 0 aliphatic heterocycles. The lowest BCUT2D eigenvalue weighted by atomic mass is 9.99. The molecular weight excluding hydrogens is 291 g/mol. The summed E-state index contributed by atoms with van der Waals surface area (Å²) < 4.78 is 13.0. The largest absolute Gasteiger partial charge is 0.351 e. The van der Waals surface area contributed by atoms with Crippen molar-refractivity contribution in [3.05, 3.63) is 71.0 Å². The van der Waals surface area contributed by atoms with Gasteiger partial charge >= 0.3 is 0 Å². The molecule has 0 bridgehead atoms. The maximum Gasteiger partial charge on any atom is 0.227 e. The highest BCUT2D eigenvalue weighted by atomic mass is 19.1. The van der Waals surface area contributed by atoms with Crippen LogP contribution >= 0.6 is 0 Å². The van der Waals surface area contributed by atoms with Gasteiger partial charge in [-0.2, -0.15) is 0 Å². The summed E-state index contributed by atoms with van der Waals surface area (Å²) >= 11 is 0. The van der Waals surface area contributed by atoms with Crippen LogP contribution in [-0.2, 0) is 11.2 Å². The monoisotopic (exact) mass is 312 g/mol. The fourth-order valence-corrected chi connectivity index (χ4v) is 3.30. The Bertz CT molecular complexity index is 699. The van der Waals surface area contributed by atoms with Gasteiger partial charge in [-0.15, -0.1) is 0 Å². The first-order valence-electron chi connectivity index (χ1n) is 7.91. The molecule has 3 nitrogen and oxygen atoms in total. The van der Waals surface area contributed by atoms with Gasteiger partial charge in [-0.05, 0) is 49.2 Å². The van der Waals surface area contributed by atoms with Gasteiger partial charge in [-0.1, -0.05) is 36.4 Å². The van der Waals surface area contributed by atoms with Crippen molar-refractivity contribution in [1.29, 1.82) is 0 Å². The standard InChI is InChI=1S/C19H21FN2O/c1-12(13-7-9-15(20)10-8-13)19(23)22-17-11-14-5-3-4-6-16(14)18(17)21-2/h3-10,12,17-18,21H,11H2,1-2H3,(H,22,23)/t12?,17-,18-/m0/s1. The molecule has 1 aliphatic carbocycles. The van der Waals surface area contributed by atoms with Crippen molar-refractivity contribution in [3.63, 3.8) is 0 Å². The summed E-state index contributed by atoms with van der Waals surface area (Å²) in [6.45, 7) is 1.85. The van der Waals surface area contributed by atoms with Gasteiger partial charge in [0.15, 0.2) is 0 Å². The number of hydrogen-bond donors (Lipinski definition) is 2. The fraction of sp³-hybridized carbons (Fsp3) is 0.316. The molecule has 0 radical (unpaired) electrons. The first-order chi connectivity index (χ1) is 11.1. The molecule has 0 heterocycles. The zero-order valence-electron chi connectivity index (χ0n) is 13.3. The van der Waals surface area contributed by atoms with Gasteiger partial charge in [-0.3, -0.25) is 4.79 Å². The Hall–Kier alpha value is -2.20. The maximum atomic E-state index is 13.0. The molecule has 0 aromatic heterocycles. The Morgan fingerprint density at radius 3 is 2.57 bits per heavy atom.